The molecule has 0 aliphatic carbocycles. The molecule has 3 nitrogen and oxygen atoms in total. The summed E-state index contributed by atoms with van der Waals surface area (Å²) in [5.74, 6) is 0. The maximum atomic E-state index is 5.81. The van der Waals surface area contributed by atoms with Crippen LogP contribution >= 0.6 is 27.3 Å². The Kier molecular flexibility index (Phi) is 3.63. The Morgan fingerprint density at radius 1 is 1.20 bits per heavy atom. The molecule has 2 aromatic carbocycles. The van der Waals surface area contributed by atoms with E-state index in [0.717, 1.165) is 32.1 Å². The predicted octanol–water partition coefficient (Wildman–Crippen LogP) is 4.28. The molecule has 0 aliphatic rings. The van der Waals surface area contributed by atoms with E-state index in [-0.39, 0.29) is 0 Å². The number of thiazole rings is 1. The first-order chi connectivity index (χ1) is 9.61. The van der Waals surface area contributed by atoms with Crippen LogP contribution < -0.4 is 10.6 Å². The summed E-state index contributed by atoms with van der Waals surface area (Å²) in [6.45, 7) is 0.836. The summed E-state index contributed by atoms with van der Waals surface area (Å²) >= 11 is 5.12. The van der Waals surface area contributed by atoms with E-state index in [1.54, 1.807) is 11.3 Å². The summed E-state index contributed by atoms with van der Waals surface area (Å²) in [7, 11) is 2.06. The zero-order valence-electron chi connectivity index (χ0n) is 11.0. The van der Waals surface area contributed by atoms with E-state index in [1.165, 1.54) is 5.56 Å². The highest BCUT2D eigenvalue weighted by atomic mass is 79.9. The molecule has 1 heterocycles. The normalized spacial score (nSPS) is 10.9. The summed E-state index contributed by atoms with van der Waals surface area (Å²) in [6, 6.07) is 14.2. The second-order valence-electron chi connectivity index (χ2n) is 4.71. The van der Waals surface area contributed by atoms with Crippen molar-refractivity contribution in [3.63, 3.8) is 0 Å². The number of benzene rings is 2. The van der Waals surface area contributed by atoms with Gasteiger partial charge in [0, 0.05) is 23.8 Å². The largest absolute Gasteiger partial charge is 0.399 e. The molecule has 2 N–H and O–H groups in total. The quantitative estimate of drug-likeness (QED) is 0.719. The average molecular weight is 348 g/mol. The van der Waals surface area contributed by atoms with Gasteiger partial charge in [-0.15, -0.1) is 0 Å². The summed E-state index contributed by atoms with van der Waals surface area (Å²) in [5.41, 5.74) is 8.85. The molecule has 3 rings (SSSR count). The van der Waals surface area contributed by atoms with E-state index >= 15 is 0 Å². The van der Waals surface area contributed by atoms with Crippen LogP contribution in [0.15, 0.2) is 46.9 Å². The Balaban J connectivity index is 1.84. The van der Waals surface area contributed by atoms with Gasteiger partial charge in [-0.2, -0.15) is 0 Å². The smallest absolute Gasteiger partial charge is 0.186 e. The zero-order chi connectivity index (χ0) is 14.1. The van der Waals surface area contributed by atoms with Crippen LogP contribution in [0, 0.1) is 0 Å². The number of hydrogen-bond donors (Lipinski definition) is 1. The number of rotatable bonds is 3. The van der Waals surface area contributed by atoms with E-state index in [0.29, 0.717) is 0 Å². The number of nitrogens with two attached hydrogens (primary N) is 1. The highest BCUT2D eigenvalue weighted by Gasteiger charge is 2.09. The van der Waals surface area contributed by atoms with E-state index in [2.05, 4.69) is 57.1 Å². The van der Waals surface area contributed by atoms with Crippen LogP contribution in [-0.2, 0) is 6.54 Å². The van der Waals surface area contributed by atoms with Crippen molar-refractivity contribution in [2.45, 2.75) is 6.54 Å². The second kappa shape index (κ2) is 5.42. The third-order valence-electron chi connectivity index (χ3n) is 3.06. The molecule has 5 heteroatoms. The van der Waals surface area contributed by atoms with Crippen molar-refractivity contribution >= 4 is 48.3 Å². The van der Waals surface area contributed by atoms with Crippen LogP contribution in [0.3, 0.4) is 0 Å². The molecule has 20 heavy (non-hydrogen) atoms. The molecule has 3 aromatic rings. The van der Waals surface area contributed by atoms with Crippen molar-refractivity contribution in [3.05, 3.63) is 52.5 Å². The topological polar surface area (TPSA) is 42.2 Å². The number of halogens is 1. The first kappa shape index (κ1) is 13.4. The Labute approximate surface area is 130 Å². The summed E-state index contributed by atoms with van der Waals surface area (Å²) in [5, 5.41) is 1.01. The van der Waals surface area contributed by atoms with Crippen molar-refractivity contribution in [1.82, 2.24) is 4.98 Å². The molecule has 0 fully saturated rings. The van der Waals surface area contributed by atoms with Crippen LogP contribution in [-0.4, -0.2) is 12.0 Å². The highest BCUT2D eigenvalue weighted by molar-refractivity contribution is 9.10. The highest BCUT2D eigenvalue weighted by Crippen LogP contribution is 2.30. The Morgan fingerprint density at radius 2 is 1.95 bits per heavy atom. The minimum atomic E-state index is 0.781. The lowest BCUT2D eigenvalue weighted by Gasteiger charge is -2.15. The van der Waals surface area contributed by atoms with Gasteiger partial charge < -0.3 is 10.6 Å². The van der Waals surface area contributed by atoms with Gasteiger partial charge in [0.05, 0.1) is 10.2 Å². The fourth-order valence-electron chi connectivity index (χ4n) is 2.02. The van der Waals surface area contributed by atoms with Gasteiger partial charge in [0.2, 0.25) is 0 Å². The van der Waals surface area contributed by atoms with Gasteiger partial charge in [0.15, 0.2) is 5.13 Å². The van der Waals surface area contributed by atoms with Gasteiger partial charge in [-0.25, -0.2) is 4.98 Å². The average Bonchev–Trinajstić information content (AvgIpc) is 2.84. The van der Waals surface area contributed by atoms with Crippen LogP contribution in [0.1, 0.15) is 5.56 Å². The van der Waals surface area contributed by atoms with Crippen molar-refractivity contribution < 1.29 is 0 Å². The number of nitrogen functional groups attached to an aromatic ring is 1. The summed E-state index contributed by atoms with van der Waals surface area (Å²) in [6.07, 6.45) is 0. The minimum Gasteiger partial charge on any atom is -0.399 e. The number of hydrogen-bond acceptors (Lipinski definition) is 4. The SMILES string of the molecule is CN(Cc1ccc(Br)cc1)c1nc2ccc(N)cc2s1. The molecule has 0 spiro atoms. The second-order valence-corrected chi connectivity index (χ2v) is 6.63. The predicted molar refractivity (Wildman–Crippen MR) is 90.3 cm³/mol. The van der Waals surface area contributed by atoms with E-state index in [1.807, 2.05) is 18.2 Å². The Morgan fingerprint density at radius 3 is 2.70 bits per heavy atom. The fourth-order valence-corrected chi connectivity index (χ4v) is 3.26. The van der Waals surface area contributed by atoms with Crippen LogP contribution in [0.4, 0.5) is 10.8 Å². The first-order valence-electron chi connectivity index (χ1n) is 6.23. The molecule has 0 radical (unpaired) electrons. The van der Waals surface area contributed by atoms with Gasteiger partial charge in [-0.1, -0.05) is 39.4 Å². The Hall–Kier alpha value is -1.59. The maximum absolute atomic E-state index is 5.81. The van der Waals surface area contributed by atoms with Gasteiger partial charge in [0.25, 0.3) is 0 Å². The standard InChI is InChI=1S/C15H14BrN3S/c1-19(9-10-2-4-11(16)5-3-10)15-18-13-7-6-12(17)8-14(13)20-15/h2-8H,9,17H2,1H3. The molecule has 0 unspecified atom stereocenters. The van der Waals surface area contributed by atoms with Crippen molar-refractivity contribution in [3.8, 4) is 0 Å². The molecule has 102 valence electrons. The molecule has 0 amide bonds. The van der Waals surface area contributed by atoms with E-state index in [4.69, 9.17) is 5.73 Å². The fraction of sp³-hybridized carbons (Fsp3) is 0.133. The van der Waals surface area contributed by atoms with E-state index < -0.39 is 0 Å². The first-order valence-corrected chi connectivity index (χ1v) is 7.84. The van der Waals surface area contributed by atoms with Gasteiger partial charge >= 0.3 is 0 Å². The van der Waals surface area contributed by atoms with Gasteiger partial charge in [0.1, 0.15) is 0 Å². The Bertz CT molecular complexity index is 736. The summed E-state index contributed by atoms with van der Waals surface area (Å²) < 4.78 is 2.22. The molecule has 1 aromatic heterocycles. The van der Waals surface area contributed by atoms with E-state index in [9.17, 15) is 0 Å². The lowest BCUT2D eigenvalue weighted by molar-refractivity contribution is 0.917. The molecule has 0 bridgehead atoms. The van der Waals surface area contributed by atoms with Gasteiger partial charge in [-0.05, 0) is 35.9 Å². The number of anilines is 2. The number of fused-ring (bicyclic) bond motifs is 1. The summed E-state index contributed by atoms with van der Waals surface area (Å²) in [4.78, 5) is 6.80. The number of nitrogens with zero attached hydrogens (tertiary/aromatic N) is 2. The number of aromatic nitrogens is 1. The van der Waals surface area contributed by atoms with Crippen LogP contribution in [0.2, 0.25) is 0 Å². The van der Waals surface area contributed by atoms with Crippen molar-refractivity contribution in [1.29, 1.82) is 0 Å². The van der Waals surface area contributed by atoms with Crippen LogP contribution in [0.25, 0.3) is 10.2 Å². The van der Waals surface area contributed by atoms with Crippen molar-refractivity contribution in [2.24, 2.45) is 0 Å². The zero-order valence-corrected chi connectivity index (χ0v) is 13.4. The lowest BCUT2D eigenvalue weighted by Crippen LogP contribution is -2.15. The third-order valence-corrected chi connectivity index (χ3v) is 4.72. The molecule has 0 aliphatic heterocycles. The third kappa shape index (κ3) is 2.78. The molecule has 0 saturated carbocycles. The minimum absolute atomic E-state index is 0.781. The van der Waals surface area contributed by atoms with Crippen LogP contribution in [0.5, 0.6) is 0 Å². The molecule has 0 atom stereocenters. The lowest BCUT2D eigenvalue weighted by atomic mass is 10.2. The molecular weight excluding hydrogens is 334 g/mol. The molecule has 0 saturated heterocycles. The molecular formula is C15H14BrN3S. The maximum Gasteiger partial charge on any atom is 0.186 e. The van der Waals surface area contributed by atoms with Crippen molar-refractivity contribution in [2.75, 3.05) is 17.7 Å². The van der Waals surface area contributed by atoms with Gasteiger partial charge in [-0.3, -0.25) is 0 Å². The monoisotopic (exact) mass is 347 g/mol.